The number of thiophene rings is 1. The van der Waals surface area contributed by atoms with E-state index in [9.17, 15) is 0 Å². The molecule has 0 spiro atoms. The summed E-state index contributed by atoms with van der Waals surface area (Å²) in [6.45, 7) is 4.65. The van der Waals surface area contributed by atoms with Crippen molar-refractivity contribution in [1.82, 2.24) is 0 Å². The molecule has 0 saturated carbocycles. The van der Waals surface area contributed by atoms with Gasteiger partial charge in [0.1, 0.15) is 0 Å². The maximum atomic E-state index is 2.53. The van der Waals surface area contributed by atoms with Crippen molar-refractivity contribution in [3.63, 3.8) is 0 Å². The number of allylic oxidation sites excluding steroid dienone is 8. The quantitative estimate of drug-likeness (QED) is 0.164. The highest BCUT2D eigenvalue weighted by molar-refractivity contribution is 7.27. The molecule has 8 aromatic rings. The Morgan fingerprint density at radius 3 is 2.21 bits per heavy atom. The maximum Gasteiger partial charge on any atom is 0.0711 e. The van der Waals surface area contributed by atoms with Crippen LogP contribution in [0.1, 0.15) is 48.9 Å². The SMILES string of the molecule is CC1C=C(C2(c3ccccc3)c3ccccc3-c3c2ccc2c3sc3c(N(c4ccc(C5=CC=CC(C)C5)cc4)c4cccc5ccccc45)cccc32)C=CC1. The minimum Gasteiger partial charge on any atom is -0.308 e. The van der Waals surface area contributed by atoms with Crippen LogP contribution in [0.5, 0.6) is 0 Å². The summed E-state index contributed by atoms with van der Waals surface area (Å²) in [5.74, 6) is 1.03. The Bertz CT molecular complexity index is 2990. The van der Waals surface area contributed by atoms with Crippen molar-refractivity contribution in [1.29, 1.82) is 0 Å². The smallest absolute Gasteiger partial charge is 0.0711 e. The zero-order chi connectivity index (χ0) is 38.1. The number of hydrogen-bond acceptors (Lipinski definition) is 2. The van der Waals surface area contributed by atoms with E-state index in [4.69, 9.17) is 0 Å². The van der Waals surface area contributed by atoms with Gasteiger partial charge in [0.25, 0.3) is 0 Å². The van der Waals surface area contributed by atoms with E-state index < -0.39 is 5.41 Å². The van der Waals surface area contributed by atoms with Crippen LogP contribution in [0.25, 0.3) is 47.6 Å². The van der Waals surface area contributed by atoms with Crippen LogP contribution in [0.4, 0.5) is 17.1 Å². The van der Waals surface area contributed by atoms with Gasteiger partial charge in [0.05, 0.1) is 21.5 Å². The summed E-state index contributed by atoms with van der Waals surface area (Å²) >= 11 is 1.95. The highest BCUT2D eigenvalue weighted by Gasteiger charge is 2.48. The molecule has 0 saturated heterocycles. The zero-order valence-corrected chi connectivity index (χ0v) is 33.1. The molecule has 57 heavy (non-hydrogen) atoms. The van der Waals surface area contributed by atoms with Crippen LogP contribution in [0.15, 0.2) is 194 Å². The Labute approximate surface area is 339 Å². The molecular formula is C55H43NS. The van der Waals surface area contributed by atoms with E-state index in [2.05, 4.69) is 207 Å². The van der Waals surface area contributed by atoms with E-state index in [0.717, 1.165) is 18.5 Å². The molecule has 3 unspecified atom stereocenters. The lowest BCUT2D eigenvalue weighted by molar-refractivity contribution is 0.683. The summed E-state index contributed by atoms with van der Waals surface area (Å²) in [6.07, 6.45) is 16.2. The standard InChI is InChI=1S/C55H43NS/c1-36-14-10-18-40(34-36)38-28-30-43(31-29-38)56(50-26-12-17-39-16-6-7-22-44(39)50)51-27-13-24-45-46-32-33-49-52(54(46)57-53(45)51)47-23-8-9-25-48(47)55(49,41-19-4-3-5-20-41)42-21-11-15-37(2)35-42/h3-14,16-33,35-37H,15,34H2,1-2H3. The van der Waals surface area contributed by atoms with Gasteiger partial charge in [0, 0.05) is 32.1 Å². The van der Waals surface area contributed by atoms with Crippen LogP contribution in [-0.4, -0.2) is 0 Å². The van der Waals surface area contributed by atoms with Gasteiger partial charge in [-0.25, -0.2) is 0 Å². The van der Waals surface area contributed by atoms with Crippen molar-refractivity contribution in [3.05, 3.63) is 216 Å². The lowest BCUT2D eigenvalue weighted by Gasteiger charge is -2.36. The topological polar surface area (TPSA) is 3.24 Å². The third-order valence-electron chi connectivity index (χ3n) is 12.6. The molecular weight excluding hydrogens is 707 g/mol. The Hall–Kier alpha value is -6.22. The first-order valence-corrected chi connectivity index (χ1v) is 21.2. The van der Waals surface area contributed by atoms with E-state index in [-0.39, 0.29) is 0 Å². The van der Waals surface area contributed by atoms with E-state index in [1.54, 1.807) is 0 Å². The molecule has 274 valence electrons. The molecule has 1 aromatic heterocycles. The van der Waals surface area contributed by atoms with Crippen LogP contribution in [0.2, 0.25) is 0 Å². The van der Waals surface area contributed by atoms with Crippen molar-refractivity contribution in [2.45, 2.75) is 32.1 Å². The molecule has 11 rings (SSSR count). The molecule has 7 aromatic carbocycles. The van der Waals surface area contributed by atoms with E-state index in [1.807, 2.05) is 11.3 Å². The largest absolute Gasteiger partial charge is 0.308 e. The first-order chi connectivity index (χ1) is 28.1. The molecule has 2 heteroatoms. The molecule has 3 aliphatic rings. The summed E-state index contributed by atoms with van der Waals surface area (Å²) in [5.41, 5.74) is 14.0. The average molecular weight is 750 g/mol. The van der Waals surface area contributed by atoms with Crippen LogP contribution in [-0.2, 0) is 5.41 Å². The first kappa shape index (κ1) is 34.1. The van der Waals surface area contributed by atoms with Crippen molar-refractivity contribution in [2.75, 3.05) is 4.90 Å². The number of anilines is 3. The van der Waals surface area contributed by atoms with E-state index >= 15 is 0 Å². The first-order valence-electron chi connectivity index (χ1n) is 20.4. The number of rotatable bonds is 6. The minimum atomic E-state index is -0.399. The fourth-order valence-electron chi connectivity index (χ4n) is 10.0. The highest BCUT2D eigenvalue weighted by atomic mass is 32.1. The predicted octanol–water partition coefficient (Wildman–Crippen LogP) is 15.5. The van der Waals surface area contributed by atoms with Gasteiger partial charge in [0.15, 0.2) is 0 Å². The Balaban J connectivity index is 1.17. The number of hydrogen-bond donors (Lipinski definition) is 0. The van der Waals surface area contributed by atoms with E-state index in [1.165, 1.54) is 86.8 Å². The summed E-state index contributed by atoms with van der Waals surface area (Å²) < 4.78 is 2.65. The van der Waals surface area contributed by atoms with E-state index in [0.29, 0.717) is 11.8 Å². The molecule has 0 aliphatic heterocycles. The monoisotopic (exact) mass is 749 g/mol. The van der Waals surface area contributed by atoms with Gasteiger partial charge >= 0.3 is 0 Å². The Morgan fingerprint density at radius 1 is 0.614 bits per heavy atom. The average Bonchev–Trinajstić information content (AvgIpc) is 3.79. The molecule has 3 aliphatic carbocycles. The van der Waals surface area contributed by atoms with Crippen molar-refractivity contribution in [2.24, 2.45) is 11.8 Å². The summed E-state index contributed by atoms with van der Waals surface area (Å²) in [5, 5.41) is 5.09. The van der Waals surface area contributed by atoms with Crippen LogP contribution in [0.3, 0.4) is 0 Å². The maximum absolute atomic E-state index is 2.53. The van der Waals surface area contributed by atoms with Gasteiger partial charge in [-0.2, -0.15) is 0 Å². The van der Waals surface area contributed by atoms with Crippen molar-refractivity contribution in [3.8, 4) is 11.1 Å². The lowest BCUT2D eigenvalue weighted by atomic mass is 9.65. The van der Waals surface area contributed by atoms with Gasteiger partial charge in [-0.1, -0.05) is 178 Å². The van der Waals surface area contributed by atoms with Gasteiger partial charge < -0.3 is 4.90 Å². The van der Waals surface area contributed by atoms with Gasteiger partial charge in [0.2, 0.25) is 0 Å². The van der Waals surface area contributed by atoms with Crippen LogP contribution >= 0.6 is 11.3 Å². The van der Waals surface area contributed by atoms with Crippen LogP contribution in [0, 0.1) is 11.8 Å². The zero-order valence-electron chi connectivity index (χ0n) is 32.3. The number of benzene rings is 7. The molecule has 0 amide bonds. The fourth-order valence-corrected chi connectivity index (χ4v) is 11.4. The molecule has 1 nitrogen and oxygen atoms in total. The molecule has 3 atom stereocenters. The summed E-state index contributed by atoms with van der Waals surface area (Å²) in [7, 11) is 0. The molecule has 0 fully saturated rings. The second-order valence-electron chi connectivity index (χ2n) is 16.2. The molecule has 0 N–H and O–H groups in total. The summed E-state index contributed by atoms with van der Waals surface area (Å²) in [6, 6.07) is 57.0. The fraction of sp³-hybridized carbons (Fsp3) is 0.127. The Kier molecular flexibility index (Phi) is 8.05. The molecule has 0 bridgehead atoms. The Morgan fingerprint density at radius 2 is 1.35 bits per heavy atom. The third kappa shape index (κ3) is 5.27. The normalized spacial score (nSPS) is 19.8. The van der Waals surface area contributed by atoms with Crippen molar-refractivity contribution >= 4 is 64.9 Å². The number of fused-ring (bicyclic) bond motifs is 8. The minimum absolute atomic E-state index is 0.399. The lowest BCUT2D eigenvalue weighted by Crippen LogP contribution is -2.30. The van der Waals surface area contributed by atoms with Gasteiger partial charge in [-0.3, -0.25) is 0 Å². The third-order valence-corrected chi connectivity index (χ3v) is 13.8. The summed E-state index contributed by atoms with van der Waals surface area (Å²) in [4.78, 5) is 2.50. The van der Waals surface area contributed by atoms with Gasteiger partial charge in [-0.05, 0) is 93.3 Å². The highest BCUT2D eigenvalue weighted by Crippen LogP contribution is 2.60. The number of nitrogens with zero attached hydrogens (tertiary/aromatic N) is 1. The van der Waals surface area contributed by atoms with Gasteiger partial charge in [-0.15, -0.1) is 11.3 Å². The molecule has 1 heterocycles. The predicted molar refractivity (Wildman–Crippen MR) is 245 cm³/mol. The second-order valence-corrected chi connectivity index (χ2v) is 17.2. The molecule has 0 radical (unpaired) electrons. The van der Waals surface area contributed by atoms with Crippen molar-refractivity contribution < 1.29 is 0 Å². The second kappa shape index (κ2) is 13.5. The van der Waals surface area contributed by atoms with Crippen LogP contribution < -0.4 is 4.90 Å².